The van der Waals surface area contributed by atoms with E-state index < -0.39 is 0 Å². The summed E-state index contributed by atoms with van der Waals surface area (Å²) in [5, 5.41) is 3.33. The van der Waals surface area contributed by atoms with Crippen molar-refractivity contribution >= 4 is 5.69 Å². The third-order valence-electron chi connectivity index (χ3n) is 3.38. The van der Waals surface area contributed by atoms with Crippen LogP contribution in [0.2, 0.25) is 0 Å². The van der Waals surface area contributed by atoms with Gasteiger partial charge in [0.15, 0.2) is 0 Å². The number of hydrogen-bond acceptors (Lipinski definition) is 2. The molecule has 20 heavy (non-hydrogen) atoms. The highest BCUT2D eigenvalue weighted by molar-refractivity contribution is 5.49. The Morgan fingerprint density at radius 3 is 2.65 bits per heavy atom. The number of benzene rings is 2. The minimum absolute atomic E-state index is 0.168. The Labute approximate surface area is 119 Å². The zero-order valence-corrected chi connectivity index (χ0v) is 12.1. The normalized spacial score (nSPS) is 12.0. The molecule has 1 unspecified atom stereocenters. The summed E-state index contributed by atoms with van der Waals surface area (Å²) in [6, 6.07) is 12.9. The lowest BCUT2D eigenvalue weighted by Crippen LogP contribution is -2.10. The van der Waals surface area contributed by atoms with Gasteiger partial charge in [-0.15, -0.1) is 0 Å². The highest BCUT2D eigenvalue weighted by atomic mass is 19.1. The first-order valence-electron chi connectivity index (χ1n) is 6.83. The lowest BCUT2D eigenvalue weighted by atomic mass is 10.1. The van der Waals surface area contributed by atoms with Gasteiger partial charge in [-0.05, 0) is 43.2 Å². The molecule has 106 valence electrons. The van der Waals surface area contributed by atoms with Crippen LogP contribution in [0.4, 0.5) is 10.1 Å². The lowest BCUT2D eigenvalue weighted by molar-refractivity contribution is 0.402. The predicted molar refractivity (Wildman–Crippen MR) is 80.8 cm³/mol. The summed E-state index contributed by atoms with van der Waals surface area (Å²) < 4.78 is 19.3. The largest absolute Gasteiger partial charge is 0.496 e. The second-order valence-corrected chi connectivity index (χ2v) is 4.78. The van der Waals surface area contributed by atoms with E-state index in [1.807, 2.05) is 19.1 Å². The molecular weight excluding hydrogens is 253 g/mol. The highest BCUT2D eigenvalue weighted by Crippen LogP contribution is 2.30. The van der Waals surface area contributed by atoms with E-state index >= 15 is 0 Å². The number of nitrogens with one attached hydrogen (secondary N) is 1. The Morgan fingerprint density at radius 2 is 1.95 bits per heavy atom. The van der Waals surface area contributed by atoms with Crippen molar-refractivity contribution in [2.45, 2.75) is 26.3 Å². The standard InChI is InChI=1S/C17H20FNO/c1-4-13-7-5-8-14(11-13)19-12(2)17-15(18)9-6-10-16(17)20-3/h5-12,19H,4H2,1-3H3. The smallest absolute Gasteiger partial charge is 0.132 e. The SMILES string of the molecule is CCc1cccc(NC(C)c2c(F)cccc2OC)c1. The van der Waals surface area contributed by atoms with Crippen molar-refractivity contribution in [2.24, 2.45) is 0 Å². The van der Waals surface area contributed by atoms with E-state index in [1.165, 1.54) is 11.6 Å². The predicted octanol–water partition coefficient (Wildman–Crippen LogP) is 4.57. The van der Waals surface area contributed by atoms with Gasteiger partial charge in [-0.2, -0.15) is 0 Å². The molecule has 0 aliphatic rings. The van der Waals surface area contributed by atoms with E-state index in [9.17, 15) is 4.39 Å². The molecule has 1 atom stereocenters. The topological polar surface area (TPSA) is 21.3 Å². The van der Waals surface area contributed by atoms with Crippen LogP contribution in [0.25, 0.3) is 0 Å². The monoisotopic (exact) mass is 273 g/mol. The fourth-order valence-electron chi connectivity index (χ4n) is 2.32. The Hall–Kier alpha value is -2.03. The third kappa shape index (κ3) is 3.10. The maximum Gasteiger partial charge on any atom is 0.132 e. The van der Waals surface area contributed by atoms with Gasteiger partial charge in [-0.1, -0.05) is 25.1 Å². The average Bonchev–Trinajstić information content (AvgIpc) is 2.46. The van der Waals surface area contributed by atoms with E-state index in [2.05, 4.69) is 24.4 Å². The van der Waals surface area contributed by atoms with E-state index in [-0.39, 0.29) is 11.9 Å². The van der Waals surface area contributed by atoms with Crippen LogP contribution in [-0.4, -0.2) is 7.11 Å². The molecule has 2 aromatic carbocycles. The van der Waals surface area contributed by atoms with Gasteiger partial charge in [0, 0.05) is 5.69 Å². The van der Waals surface area contributed by atoms with Crippen molar-refractivity contribution in [1.29, 1.82) is 0 Å². The molecular formula is C17H20FNO. The van der Waals surface area contributed by atoms with Crippen LogP contribution < -0.4 is 10.1 Å². The molecule has 3 heteroatoms. The summed E-state index contributed by atoms with van der Waals surface area (Å²) in [6.07, 6.45) is 0.979. The summed E-state index contributed by atoms with van der Waals surface area (Å²) in [7, 11) is 1.56. The van der Waals surface area contributed by atoms with Crippen molar-refractivity contribution in [2.75, 3.05) is 12.4 Å². The van der Waals surface area contributed by atoms with Crippen LogP contribution in [0, 0.1) is 5.82 Å². The molecule has 0 spiro atoms. The quantitative estimate of drug-likeness (QED) is 0.861. The van der Waals surface area contributed by atoms with Crippen molar-refractivity contribution in [1.82, 2.24) is 0 Å². The number of methoxy groups -OCH3 is 1. The first-order chi connectivity index (χ1) is 9.65. The van der Waals surface area contributed by atoms with Gasteiger partial charge < -0.3 is 10.1 Å². The minimum Gasteiger partial charge on any atom is -0.496 e. The number of ether oxygens (including phenoxy) is 1. The molecule has 0 aliphatic heterocycles. The van der Waals surface area contributed by atoms with Crippen molar-refractivity contribution < 1.29 is 9.13 Å². The molecule has 0 radical (unpaired) electrons. The lowest BCUT2D eigenvalue weighted by Gasteiger charge is -2.19. The van der Waals surface area contributed by atoms with Crippen LogP contribution in [0.5, 0.6) is 5.75 Å². The molecule has 2 nitrogen and oxygen atoms in total. The van der Waals surface area contributed by atoms with Gasteiger partial charge in [0.2, 0.25) is 0 Å². The fourth-order valence-corrected chi connectivity index (χ4v) is 2.32. The maximum atomic E-state index is 14.0. The Balaban J connectivity index is 2.25. The second-order valence-electron chi connectivity index (χ2n) is 4.78. The van der Waals surface area contributed by atoms with Crippen molar-refractivity contribution in [3.05, 3.63) is 59.4 Å². The molecule has 0 saturated carbocycles. The fraction of sp³-hybridized carbons (Fsp3) is 0.294. The summed E-state index contributed by atoms with van der Waals surface area (Å²) in [5.41, 5.74) is 2.79. The van der Waals surface area contributed by atoms with E-state index in [0.717, 1.165) is 12.1 Å². The van der Waals surface area contributed by atoms with Gasteiger partial charge in [0.25, 0.3) is 0 Å². The van der Waals surface area contributed by atoms with Gasteiger partial charge in [0.05, 0.1) is 18.7 Å². The molecule has 2 aromatic rings. The van der Waals surface area contributed by atoms with Gasteiger partial charge in [0.1, 0.15) is 11.6 Å². The second kappa shape index (κ2) is 6.42. The number of aryl methyl sites for hydroxylation is 1. The minimum atomic E-state index is -0.254. The Morgan fingerprint density at radius 1 is 1.20 bits per heavy atom. The van der Waals surface area contributed by atoms with Gasteiger partial charge >= 0.3 is 0 Å². The first-order valence-corrected chi connectivity index (χ1v) is 6.83. The number of rotatable bonds is 5. The molecule has 1 N–H and O–H groups in total. The van der Waals surface area contributed by atoms with E-state index in [4.69, 9.17) is 4.74 Å². The van der Waals surface area contributed by atoms with Crippen LogP contribution in [0.15, 0.2) is 42.5 Å². The molecule has 0 bridgehead atoms. The summed E-state index contributed by atoms with van der Waals surface area (Å²) in [4.78, 5) is 0. The summed E-state index contributed by atoms with van der Waals surface area (Å²) >= 11 is 0. The van der Waals surface area contributed by atoms with Gasteiger partial charge in [-0.3, -0.25) is 0 Å². The van der Waals surface area contributed by atoms with Crippen molar-refractivity contribution in [3.63, 3.8) is 0 Å². The van der Waals surface area contributed by atoms with E-state index in [1.54, 1.807) is 19.2 Å². The number of hydrogen-bond donors (Lipinski definition) is 1. The van der Waals surface area contributed by atoms with Gasteiger partial charge in [-0.25, -0.2) is 4.39 Å². The number of anilines is 1. The Kier molecular flexibility index (Phi) is 4.61. The van der Waals surface area contributed by atoms with Crippen LogP contribution in [0.3, 0.4) is 0 Å². The molecule has 0 aromatic heterocycles. The average molecular weight is 273 g/mol. The van der Waals surface area contributed by atoms with Crippen LogP contribution >= 0.6 is 0 Å². The number of halogens is 1. The molecule has 0 saturated heterocycles. The zero-order valence-electron chi connectivity index (χ0n) is 12.1. The summed E-state index contributed by atoms with van der Waals surface area (Å²) in [6.45, 7) is 4.04. The molecule has 0 heterocycles. The third-order valence-corrected chi connectivity index (χ3v) is 3.38. The van der Waals surface area contributed by atoms with Crippen LogP contribution in [-0.2, 0) is 6.42 Å². The van der Waals surface area contributed by atoms with Crippen molar-refractivity contribution in [3.8, 4) is 5.75 Å². The molecule has 0 fully saturated rings. The summed E-state index contributed by atoms with van der Waals surface area (Å²) in [5.74, 6) is 0.313. The van der Waals surface area contributed by atoms with Crippen LogP contribution in [0.1, 0.15) is 31.0 Å². The molecule has 2 rings (SSSR count). The Bertz CT molecular complexity index is 583. The zero-order chi connectivity index (χ0) is 14.5. The molecule has 0 aliphatic carbocycles. The maximum absolute atomic E-state index is 14.0. The molecule has 0 amide bonds. The highest BCUT2D eigenvalue weighted by Gasteiger charge is 2.16. The van der Waals surface area contributed by atoms with E-state index in [0.29, 0.717) is 11.3 Å². The first kappa shape index (κ1) is 14.4.